The molecule has 1 aromatic carbocycles. The molecule has 218 valence electrons. The quantitative estimate of drug-likeness (QED) is 0.0265. The minimum absolute atomic E-state index is 0. The van der Waals surface area contributed by atoms with Gasteiger partial charge in [-0.2, -0.15) is 0 Å². The van der Waals surface area contributed by atoms with Crippen molar-refractivity contribution in [3.8, 4) is 17.2 Å². The standard InChI is InChI=1S/C21H24O18.Na.H/c22-5-10(26)18(31)35-14-3-1-9(2-4-15(30)38-39-21(34)13(29)8-25)16(36-19(32)11(27)6-23)17(14)37-20(33)12(28)7-24;;/h1-4,10-13,22-29H,5-8H2;;/q;+1;-1. The fourth-order valence-corrected chi connectivity index (χ4v) is 2.11. The van der Waals surface area contributed by atoms with Crippen molar-refractivity contribution >= 4 is 35.9 Å². The smallest absolute Gasteiger partial charge is 1.00 e. The Balaban J connectivity index is 0. The molecule has 0 aliphatic carbocycles. The molecule has 8 N–H and O–H groups in total. The van der Waals surface area contributed by atoms with E-state index >= 15 is 0 Å². The van der Waals surface area contributed by atoms with Crippen molar-refractivity contribution in [2.24, 2.45) is 0 Å². The molecule has 18 nitrogen and oxygen atoms in total. The summed E-state index contributed by atoms with van der Waals surface area (Å²) in [6.45, 7) is -4.42. The van der Waals surface area contributed by atoms with E-state index in [1.807, 2.05) is 0 Å². The Bertz CT molecular complexity index is 1080. The summed E-state index contributed by atoms with van der Waals surface area (Å²) >= 11 is 0. The zero-order chi connectivity index (χ0) is 29.7. The molecular weight excluding hydrogens is 563 g/mol. The van der Waals surface area contributed by atoms with Crippen molar-refractivity contribution in [1.82, 2.24) is 0 Å². The molecule has 0 aromatic heterocycles. The van der Waals surface area contributed by atoms with Crippen LogP contribution in [0, 0.1) is 0 Å². The van der Waals surface area contributed by atoms with Crippen LogP contribution in [0.4, 0.5) is 0 Å². The van der Waals surface area contributed by atoms with Crippen molar-refractivity contribution in [3.63, 3.8) is 0 Å². The van der Waals surface area contributed by atoms with E-state index in [2.05, 4.69) is 9.78 Å². The fourth-order valence-electron chi connectivity index (χ4n) is 2.11. The van der Waals surface area contributed by atoms with Crippen LogP contribution in [0.25, 0.3) is 6.08 Å². The number of hydrogen-bond acceptors (Lipinski definition) is 18. The van der Waals surface area contributed by atoms with Crippen LogP contribution in [0.5, 0.6) is 17.2 Å². The van der Waals surface area contributed by atoms with Crippen LogP contribution < -0.4 is 43.8 Å². The first-order valence-corrected chi connectivity index (χ1v) is 10.5. The van der Waals surface area contributed by atoms with Gasteiger partial charge < -0.3 is 56.5 Å². The maximum atomic E-state index is 12.2. The van der Waals surface area contributed by atoms with Gasteiger partial charge in [0.2, 0.25) is 5.75 Å². The molecule has 40 heavy (non-hydrogen) atoms. The number of hydrogen-bond donors (Lipinski definition) is 8. The molecule has 4 atom stereocenters. The van der Waals surface area contributed by atoms with Gasteiger partial charge in [0.25, 0.3) is 0 Å². The van der Waals surface area contributed by atoms with Crippen molar-refractivity contribution in [3.05, 3.63) is 23.8 Å². The number of carbonyl (C=O) groups is 5. The molecule has 0 radical (unpaired) electrons. The molecule has 1 aromatic rings. The predicted octanol–water partition coefficient (Wildman–Crippen LogP) is -8.05. The van der Waals surface area contributed by atoms with Gasteiger partial charge in [-0.3, -0.25) is 0 Å². The molecule has 1 rings (SSSR count). The molecule has 0 bridgehead atoms. The van der Waals surface area contributed by atoms with E-state index in [0.717, 1.165) is 18.2 Å². The van der Waals surface area contributed by atoms with Gasteiger partial charge in [0.1, 0.15) is 0 Å². The Morgan fingerprint density at radius 3 is 1.55 bits per heavy atom. The van der Waals surface area contributed by atoms with Crippen molar-refractivity contribution in [1.29, 1.82) is 0 Å². The number of carbonyl (C=O) groups excluding carboxylic acids is 5. The third-order valence-corrected chi connectivity index (χ3v) is 4.11. The normalized spacial score (nSPS) is 13.7. The van der Waals surface area contributed by atoms with Gasteiger partial charge in [0.05, 0.1) is 26.4 Å². The molecule has 0 saturated carbocycles. The Labute approximate surface area is 247 Å². The summed E-state index contributed by atoms with van der Waals surface area (Å²) in [4.78, 5) is 67.4. The first kappa shape index (κ1) is 37.0. The second-order valence-corrected chi connectivity index (χ2v) is 7.01. The second kappa shape index (κ2) is 18.4. The van der Waals surface area contributed by atoms with E-state index in [0.29, 0.717) is 6.08 Å². The Kier molecular flexibility index (Phi) is 17.0. The monoisotopic (exact) mass is 588 g/mol. The summed E-state index contributed by atoms with van der Waals surface area (Å²) in [6.07, 6.45) is -7.11. The van der Waals surface area contributed by atoms with Crippen LogP contribution in [-0.2, 0) is 33.7 Å². The van der Waals surface area contributed by atoms with Gasteiger partial charge in [-0.25, -0.2) is 33.7 Å². The van der Waals surface area contributed by atoms with Crippen molar-refractivity contribution in [2.45, 2.75) is 24.4 Å². The maximum Gasteiger partial charge on any atom is 1.00 e. The minimum Gasteiger partial charge on any atom is -1.00 e. The van der Waals surface area contributed by atoms with Gasteiger partial charge in [-0.1, -0.05) is 0 Å². The van der Waals surface area contributed by atoms with Crippen LogP contribution in [-0.4, -0.2) is 122 Å². The predicted molar refractivity (Wildman–Crippen MR) is 118 cm³/mol. The van der Waals surface area contributed by atoms with Gasteiger partial charge in [-0.15, -0.1) is 0 Å². The number of benzene rings is 1. The zero-order valence-electron chi connectivity index (χ0n) is 21.6. The van der Waals surface area contributed by atoms with Crippen LogP contribution >= 0.6 is 0 Å². The van der Waals surface area contributed by atoms with E-state index in [4.69, 9.17) is 39.7 Å². The zero-order valence-corrected chi connectivity index (χ0v) is 22.6. The van der Waals surface area contributed by atoms with Crippen LogP contribution in [0.1, 0.15) is 6.99 Å². The van der Waals surface area contributed by atoms with E-state index in [1.54, 1.807) is 0 Å². The van der Waals surface area contributed by atoms with Gasteiger partial charge >= 0.3 is 59.4 Å². The summed E-state index contributed by atoms with van der Waals surface area (Å²) in [5, 5.41) is 73.2. The molecule has 0 fully saturated rings. The first-order chi connectivity index (χ1) is 18.4. The van der Waals surface area contributed by atoms with E-state index in [9.17, 15) is 39.3 Å². The third kappa shape index (κ3) is 11.2. The number of aliphatic hydroxyl groups excluding tert-OH is 8. The van der Waals surface area contributed by atoms with Crippen molar-refractivity contribution in [2.75, 3.05) is 26.4 Å². The third-order valence-electron chi connectivity index (χ3n) is 4.11. The Morgan fingerprint density at radius 2 is 1.07 bits per heavy atom. The second-order valence-electron chi connectivity index (χ2n) is 7.01. The Hall–Kier alpha value is -3.01. The number of rotatable bonds is 13. The number of esters is 3. The van der Waals surface area contributed by atoms with Crippen LogP contribution in [0.3, 0.4) is 0 Å². The molecule has 19 heteroatoms. The van der Waals surface area contributed by atoms with Crippen LogP contribution in [0.15, 0.2) is 18.2 Å². The van der Waals surface area contributed by atoms with Gasteiger partial charge in [0, 0.05) is 11.6 Å². The van der Waals surface area contributed by atoms with Crippen LogP contribution in [0.2, 0.25) is 0 Å². The summed E-state index contributed by atoms with van der Waals surface area (Å²) in [6, 6.07) is 1.81. The maximum absolute atomic E-state index is 12.2. The molecule has 0 spiro atoms. The molecule has 0 saturated heterocycles. The van der Waals surface area contributed by atoms with Gasteiger partial charge in [0.15, 0.2) is 35.9 Å². The topological polar surface area (TPSA) is 293 Å². The largest absolute Gasteiger partial charge is 1.00 e. The summed E-state index contributed by atoms with van der Waals surface area (Å²) in [5.74, 6) is -10.3. The van der Waals surface area contributed by atoms with Gasteiger partial charge in [-0.05, 0) is 18.2 Å². The van der Waals surface area contributed by atoms with E-state index in [-0.39, 0.29) is 31.0 Å². The van der Waals surface area contributed by atoms with E-state index in [1.165, 1.54) is 0 Å². The average molecular weight is 588 g/mol. The minimum atomic E-state index is -2.17. The molecule has 0 amide bonds. The number of aliphatic hydroxyl groups is 8. The molecular formula is C21H25NaO18. The summed E-state index contributed by atoms with van der Waals surface area (Å²) in [5.41, 5.74) is -0.393. The fraction of sp³-hybridized carbons (Fsp3) is 0.381. The Morgan fingerprint density at radius 1 is 0.650 bits per heavy atom. The molecule has 0 aliphatic heterocycles. The first-order valence-electron chi connectivity index (χ1n) is 10.5. The molecule has 0 aliphatic rings. The molecule has 4 unspecified atom stereocenters. The average Bonchev–Trinajstić information content (AvgIpc) is 2.94. The summed E-state index contributed by atoms with van der Waals surface area (Å²) < 4.78 is 14.6. The SMILES string of the molecule is O=C(C=Cc1ccc(OC(=O)C(O)CO)c(OC(=O)C(O)CO)c1OC(=O)C(O)CO)OOC(=O)C(O)CO.[H-].[Na+]. The number of ether oxygens (including phenoxy) is 3. The van der Waals surface area contributed by atoms with Crippen molar-refractivity contribution < 1.29 is 120 Å². The van der Waals surface area contributed by atoms with E-state index < -0.39 is 104 Å². The molecule has 0 heterocycles. The summed E-state index contributed by atoms with van der Waals surface area (Å²) in [7, 11) is 0.